The largest absolute Gasteiger partial charge is 0.496 e. The molecule has 2 aromatic carbocycles. The number of benzene rings is 2. The monoisotopic (exact) mass is 420 g/mol. The fourth-order valence-corrected chi connectivity index (χ4v) is 4.91. The van der Waals surface area contributed by atoms with Gasteiger partial charge in [-0.15, -0.1) is 0 Å². The highest BCUT2D eigenvalue weighted by atomic mass is 32.2. The molecule has 3 rings (SSSR count). The molecule has 1 heterocycles. The fourth-order valence-electron chi connectivity index (χ4n) is 3.37. The molecule has 1 saturated heterocycles. The number of halogens is 1. The lowest BCUT2D eigenvalue weighted by atomic mass is 10.1. The highest BCUT2D eigenvalue weighted by Gasteiger charge is 2.27. The Hall–Kier alpha value is -2.45. The summed E-state index contributed by atoms with van der Waals surface area (Å²) >= 11 is 0. The smallest absolute Gasteiger partial charge is 0.255 e. The molecule has 0 atom stereocenters. The van der Waals surface area contributed by atoms with Crippen molar-refractivity contribution in [1.82, 2.24) is 9.62 Å². The summed E-state index contributed by atoms with van der Waals surface area (Å²) in [6.07, 6.45) is 3.67. The topological polar surface area (TPSA) is 75.7 Å². The Morgan fingerprint density at radius 3 is 2.45 bits per heavy atom. The zero-order valence-corrected chi connectivity index (χ0v) is 17.2. The molecule has 0 radical (unpaired) electrons. The number of rotatable bonds is 6. The summed E-state index contributed by atoms with van der Waals surface area (Å²) in [7, 11) is -2.29. The van der Waals surface area contributed by atoms with Crippen LogP contribution in [0.2, 0.25) is 0 Å². The van der Waals surface area contributed by atoms with Gasteiger partial charge in [-0.2, -0.15) is 4.31 Å². The summed E-state index contributed by atoms with van der Waals surface area (Å²) in [4.78, 5) is 12.7. The van der Waals surface area contributed by atoms with Crippen LogP contribution in [0.3, 0.4) is 0 Å². The van der Waals surface area contributed by atoms with Crippen LogP contribution in [-0.2, 0) is 16.6 Å². The lowest BCUT2D eigenvalue weighted by Crippen LogP contribution is -2.32. The Bertz CT molecular complexity index is 970. The second-order valence-corrected chi connectivity index (χ2v) is 8.89. The molecule has 1 N–H and O–H groups in total. The summed E-state index contributed by atoms with van der Waals surface area (Å²) < 4.78 is 46.6. The molecule has 0 unspecified atom stereocenters. The Labute approximate surface area is 170 Å². The molecule has 0 aliphatic carbocycles. The van der Waals surface area contributed by atoms with Gasteiger partial charge in [0.15, 0.2) is 0 Å². The molecule has 0 saturated carbocycles. The first-order valence-electron chi connectivity index (χ1n) is 9.63. The maximum atomic E-state index is 13.8. The molecule has 1 aliphatic heterocycles. The quantitative estimate of drug-likeness (QED) is 0.778. The number of nitrogens with one attached hydrogen (secondary N) is 1. The van der Waals surface area contributed by atoms with Crippen molar-refractivity contribution in [2.75, 3.05) is 20.2 Å². The fraction of sp³-hybridized carbons (Fsp3) is 0.381. The van der Waals surface area contributed by atoms with Crippen molar-refractivity contribution >= 4 is 15.9 Å². The Morgan fingerprint density at radius 1 is 1.10 bits per heavy atom. The van der Waals surface area contributed by atoms with Crippen molar-refractivity contribution in [3.05, 3.63) is 59.4 Å². The first-order chi connectivity index (χ1) is 13.9. The molecule has 0 spiro atoms. The second-order valence-electron chi connectivity index (χ2n) is 6.95. The molecule has 29 heavy (non-hydrogen) atoms. The van der Waals surface area contributed by atoms with Crippen molar-refractivity contribution in [2.24, 2.45) is 0 Å². The zero-order valence-electron chi connectivity index (χ0n) is 16.4. The molecular weight excluding hydrogens is 395 g/mol. The maximum absolute atomic E-state index is 13.8. The van der Waals surface area contributed by atoms with E-state index in [1.165, 1.54) is 35.7 Å². The average molecular weight is 421 g/mol. The molecule has 6 nitrogen and oxygen atoms in total. The first kappa shape index (κ1) is 21.3. The van der Waals surface area contributed by atoms with E-state index in [9.17, 15) is 17.6 Å². The van der Waals surface area contributed by atoms with Crippen molar-refractivity contribution in [2.45, 2.75) is 37.1 Å². The zero-order chi connectivity index (χ0) is 20.9. The van der Waals surface area contributed by atoms with Crippen LogP contribution >= 0.6 is 0 Å². The molecule has 8 heteroatoms. The lowest BCUT2D eigenvalue weighted by molar-refractivity contribution is 0.0947. The van der Waals surface area contributed by atoms with Gasteiger partial charge in [0.05, 0.1) is 17.6 Å². The van der Waals surface area contributed by atoms with Crippen molar-refractivity contribution in [1.29, 1.82) is 0 Å². The van der Waals surface area contributed by atoms with Gasteiger partial charge in [-0.3, -0.25) is 4.79 Å². The normalized spacial score (nSPS) is 15.5. The van der Waals surface area contributed by atoms with Crippen LogP contribution in [0.25, 0.3) is 0 Å². The van der Waals surface area contributed by atoms with E-state index >= 15 is 0 Å². The standard InChI is InChI=1S/C21H25FN2O4S/c1-28-20-11-10-17(29(26,27)24-12-6-2-3-7-13-24)14-18(20)21(25)23-15-16-8-4-5-9-19(16)22/h4-5,8-11,14H,2-3,6-7,12-13,15H2,1H3,(H,23,25). The van der Waals surface area contributed by atoms with Gasteiger partial charge in [-0.25, -0.2) is 12.8 Å². The van der Waals surface area contributed by atoms with Gasteiger partial charge in [-0.05, 0) is 37.1 Å². The molecule has 2 aromatic rings. The number of sulfonamides is 1. The molecule has 0 bridgehead atoms. The SMILES string of the molecule is COc1ccc(S(=O)(=O)N2CCCCCC2)cc1C(=O)NCc1ccccc1F. The summed E-state index contributed by atoms with van der Waals surface area (Å²) in [6, 6.07) is 10.4. The Kier molecular flexibility index (Phi) is 6.87. The minimum absolute atomic E-state index is 0.0161. The van der Waals surface area contributed by atoms with Crippen molar-refractivity contribution < 1.29 is 22.3 Å². The van der Waals surface area contributed by atoms with Crippen LogP contribution in [0.5, 0.6) is 5.75 Å². The van der Waals surface area contributed by atoms with E-state index in [1.807, 2.05) is 0 Å². The number of hydrogen-bond acceptors (Lipinski definition) is 4. The van der Waals surface area contributed by atoms with Gasteiger partial charge < -0.3 is 10.1 Å². The third-order valence-corrected chi connectivity index (χ3v) is 6.91. The molecule has 156 valence electrons. The predicted molar refractivity (Wildman–Crippen MR) is 108 cm³/mol. The summed E-state index contributed by atoms with van der Waals surface area (Å²) in [5.41, 5.74) is 0.438. The number of nitrogens with zero attached hydrogens (tertiary/aromatic N) is 1. The number of ether oxygens (including phenoxy) is 1. The minimum atomic E-state index is -3.70. The van der Waals surface area contributed by atoms with Crippen LogP contribution in [0.4, 0.5) is 4.39 Å². The third-order valence-electron chi connectivity index (χ3n) is 5.02. The van der Waals surface area contributed by atoms with Gasteiger partial charge in [-0.1, -0.05) is 31.0 Å². The van der Waals surface area contributed by atoms with E-state index < -0.39 is 21.7 Å². The Balaban J connectivity index is 1.84. The highest BCUT2D eigenvalue weighted by molar-refractivity contribution is 7.89. The summed E-state index contributed by atoms with van der Waals surface area (Å²) in [5, 5.41) is 2.63. The van der Waals surface area contributed by atoms with Crippen LogP contribution in [0.15, 0.2) is 47.4 Å². The number of carbonyl (C=O) groups is 1. The average Bonchev–Trinajstić information content (AvgIpc) is 3.02. The summed E-state index contributed by atoms with van der Waals surface area (Å²) in [5.74, 6) is -0.693. The number of carbonyl (C=O) groups excluding carboxylic acids is 1. The van der Waals surface area contributed by atoms with E-state index in [0.717, 1.165) is 25.7 Å². The van der Waals surface area contributed by atoms with E-state index in [2.05, 4.69) is 5.32 Å². The minimum Gasteiger partial charge on any atom is -0.496 e. The van der Waals surface area contributed by atoms with Gasteiger partial charge in [0.25, 0.3) is 5.91 Å². The summed E-state index contributed by atoms with van der Waals surface area (Å²) in [6.45, 7) is 0.935. The van der Waals surface area contributed by atoms with E-state index in [4.69, 9.17) is 4.74 Å². The van der Waals surface area contributed by atoms with Gasteiger partial charge in [0.1, 0.15) is 11.6 Å². The van der Waals surface area contributed by atoms with Gasteiger partial charge >= 0.3 is 0 Å². The van der Waals surface area contributed by atoms with E-state index in [0.29, 0.717) is 18.7 Å². The lowest BCUT2D eigenvalue weighted by Gasteiger charge is -2.20. The van der Waals surface area contributed by atoms with Gasteiger partial charge in [0.2, 0.25) is 10.0 Å². The molecule has 1 fully saturated rings. The Morgan fingerprint density at radius 2 is 1.79 bits per heavy atom. The van der Waals surface area contributed by atoms with Crippen LogP contribution in [0, 0.1) is 5.82 Å². The number of hydrogen-bond donors (Lipinski definition) is 1. The third kappa shape index (κ3) is 4.94. The first-order valence-corrected chi connectivity index (χ1v) is 11.1. The second kappa shape index (κ2) is 9.37. The highest BCUT2D eigenvalue weighted by Crippen LogP contribution is 2.26. The maximum Gasteiger partial charge on any atom is 0.255 e. The van der Waals surface area contributed by atoms with Crippen LogP contribution in [-0.4, -0.2) is 38.8 Å². The van der Waals surface area contributed by atoms with Crippen LogP contribution in [0.1, 0.15) is 41.6 Å². The molecule has 1 amide bonds. The van der Waals surface area contributed by atoms with Crippen molar-refractivity contribution in [3.8, 4) is 5.75 Å². The van der Waals surface area contributed by atoms with E-state index in [1.54, 1.807) is 18.2 Å². The van der Waals surface area contributed by atoms with Gasteiger partial charge in [0, 0.05) is 25.2 Å². The molecule has 0 aromatic heterocycles. The molecule has 1 aliphatic rings. The number of methoxy groups -OCH3 is 1. The van der Waals surface area contributed by atoms with Crippen molar-refractivity contribution in [3.63, 3.8) is 0 Å². The van der Waals surface area contributed by atoms with Crippen LogP contribution < -0.4 is 10.1 Å². The molecular formula is C21H25FN2O4S. The van der Waals surface area contributed by atoms with E-state index in [-0.39, 0.29) is 22.8 Å². The predicted octanol–water partition coefficient (Wildman–Crippen LogP) is 3.33. The number of amides is 1.